The Morgan fingerprint density at radius 1 is 1.16 bits per heavy atom. The highest BCUT2D eigenvalue weighted by atomic mass is 19.1. The van der Waals surface area contributed by atoms with Gasteiger partial charge in [-0.25, -0.2) is 4.39 Å². The van der Waals surface area contributed by atoms with E-state index in [0.717, 1.165) is 0 Å². The molecule has 122 valence electrons. The minimum atomic E-state index is -0.590. The summed E-state index contributed by atoms with van der Waals surface area (Å²) >= 11 is 0. The molecule has 0 atom stereocenters. The second kappa shape index (κ2) is 6.81. The number of anilines is 3. The zero-order chi connectivity index (χ0) is 17.8. The molecule has 0 fully saturated rings. The van der Waals surface area contributed by atoms with E-state index in [1.54, 1.807) is 48.8 Å². The van der Waals surface area contributed by atoms with E-state index in [0.29, 0.717) is 28.2 Å². The van der Waals surface area contributed by atoms with Crippen LogP contribution < -0.4 is 11.1 Å². The summed E-state index contributed by atoms with van der Waals surface area (Å²) in [5.41, 5.74) is 8.82. The van der Waals surface area contributed by atoms with Gasteiger partial charge in [0.15, 0.2) is 0 Å². The van der Waals surface area contributed by atoms with Crippen molar-refractivity contribution >= 4 is 22.8 Å². The molecule has 0 aliphatic heterocycles. The lowest BCUT2D eigenvalue weighted by atomic mass is 10.0. The number of nitrogens with one attached hydrogen (secondary N) is 2. The first-order valence-electron chi connectivity index (χ1n) is 7.44. The van der Waals surface area contributed by atoms with Gasteiger partial charge >= 0.3 is 0 Å². The van der Waals surface area contributed by atoms with Crippen molar-refractivity contribution in [3.8, 4) is 6.07 Å². The van der Waals surface area contributed by atoms with E-state index in [9.17, 15) is 4.39 Å². The Bertz CT molecular complexity index is 977. The van der Waals surface area contributed by atoms with Crippen LogP contribution in [-0.2, 0) is 0 Å². The Morgan fingerprint density at radius 3 is 2.64 bits per heavy atom. The molecule has 0 bridgehead atoms. The second-order valence-electron chi connectivity index (χ2n) is 5.31. The Hall–Kier alpha value is -3.72. The van der Waals surface area contributed by atoms with Gasteiger partial charge < -0.3 is 11.1 Å². The Morgan fingerprint density at radius 2 is 1.92 bits per heavy atom. The van der Waals surface area contributed by atoms with Crippen molar-refractivity contribution in [3.63, 3.8) is 0 Å². The van der Waals surface area contributed by atoms with Crippen LogP contribution in [0, 0.1) is 22.6 Å². The van der Waals surface area contributed by atoms with Gasteiger partial charge in [-0.15, -0.1) is 0 Å². The van der Waals surface area contributed by atoms with Crippen LogP contribution in [0.5, 0.6) is 0 Å². The standard InChI is InChI=1S/C19H14FN5/c20-16-2-1-3-18(15(16)11-21)25-13-4-5-17(22)14(10-13)19(23)12-6-8-24-9-7-12/h1-10,23,25H,22H2. The fraction of sp³-hybridized carbons (Fsp3) is 0. The van der Waals surface area contributed by atoms with Crippen LogP contribution in [0.25, 0.3) is 0 Å². The first-order chi connectivity index (χ1) is 12.1. The van der Waals surface area contributed by atoms with E-state index in [4.69, 9.17) is 16.4 Å². The fourth-order valence-electron chi connectivity index (χ4n) is 2.42. The number of nitrogens with zero attached hydrogens (tertiary/aromatic N) is 2. The lowest BCUT2D eigenvalue weighted by molar-refractivity contribution is 0.624. The molecule has 3 rings (SSSR count). The predicted molar refractivity (Wildman–Crippen MR) is 95.4 cm³/mol. The first kappa shape index (κ1) is 16.1. The fourth-order valence-corrected chi connectivity index (χ4v) is 2.42. The highest BCUT2D eigenvalue weighted by Gasteiger charge is 2.12. The molecule has 4 N–H and O–H groups in total. The van der Waals surface area contributed by atoms with Crippen molar-refractivity contribution in [2.75, 3.05) is 11.1 Å². The SMILES string of the molecule is N#Cc1c(F)cccc1Nc1ccc(N)c(C(=N)c2ccncc2)c1. The van der Waals surface area contributed by atoms with Gasteiger partial charge in [0.25, 0.3) is 0 Å². The first-order valence-corrected chi connectivity index (χ1v) is 7.44. The van der Waals surface area contributed by atoms with E-state index in [1.165, 1.54) is 12.1 Å². The molecular weight excluding hydrogens is 317 g/mol. The van der Waals surface area contributed by atoms with Crippen LogP contribution in [0.1, 0.15) is 16.7 Å². The van der Waals surface area contributed by atoms with Gasteiger partial charge in [-0.2, -0.15) is 5.26 Å². The summed E-state index contributed by atoms with van der Waals surface area (Å²) in [5.74, 6) is -0.590. The van der Waals surface area contributed by atoms with E-state index >= 15 is 0 Å². The van der Waals surface area contributed by atoms with Gasteiger partial charge in [-0.05, 0) is 42.5 Å². The van der Waals surface area contributed by atoms with Crippen molar-refractivity contribution in [1.29, 1.82) is 10.7 Å². The molecule has 0 saturated heterocycles. The number of aromatic nitrogens is 1. The highest BCUT2D eigenvalue weighted by molar-refractivity contribution is 6.14. The zero-order valence-corrected chi connectivity index (χ0v) is 13.1. The van der Waals surface area contributed by atoms with Gasteiger partial charge in [0.2, 0.25) is 0 Å². The topological polar surface area (TPSA) is 98.6 Å². The average Bonchev–Trinajstić information content (AvgIpc) is 2.64. The largest absolute Gasteiger partial charge is 0.398 e. The smallest absolute Gasteiger partial charge is 0.143 e. The van der Waals surface area contributed by atoms with Crippen molar-refractivity contribution < 1.29 is 4.39 Å². The quantitative estimate of drug-likeness (QED) is 0.500. The number of nitrogen functional groups attached to an aromatic ring is 1. The van der Waals surface area contributed by atoms with Crippen LogP contribution in [0.15, 0.2) is 60.9 Å². The summed E-state index contributed by atoms with van der Waals surface area (Å²) in [7, 11) is 0. The number of halogens is 1. The molecule has 0 saturated carbocycles. The summed E-state index contributed by atoms with van der Waals surface area (Å²) in [4.78, 5) is 3.94. The van der Waals surface area contributed by atoms with Gasteiger partial charge in [0.05, 0.1) is 11.4 Å². The maximum atomic E-state index is 13.7. The van der Waals surface area contributed by atoms with Gasteiger partial charge in [-0.1, -0.05) is 6.07 Å². The monoisotopic (exact) mass is 331 g/mol. The highest BCUT2D eigenvalue weighted by Crippen LogP contribution is 2.26. The Balaban J connectivity index is 1.97. The molecular formula is C19H14FN5. The molecule has 2 aromatic carbocycles. The summed E-state index contributed by atoms with van der Waals surface area (Å²) in [6, 6.07) is 14.7. The van der Waals surface area contributed by atoms with Gasteiger partial charge in [0.1, 0.15) is 17.4 Å². The number of hydrogen-bond donors (Lipinski definition) is 3. The van der Waals surface area contributed by atoms with E-state index in [-0.39, 0.29) is 11.3 Å². The molecule has 1 aromatic heterocycles. The number of nitrogens with two attached hydrogens (primary N) is 1. The number of pyridine rings is 1. The maximum Gasteiger partial charge on any atom is 0.143 e. The third kappa shape index (κ3) is 3.31. The van der Waals surface area contributed by atoms with E-state index < -0.39 is 5.82 Å². The Kier molecular flexibility index (Phi) is 4.40. The molecule has 0 radical (unpaired) electrons. The van der Waals surface area contributed by atoms with Gasteiger partial charge in [-0.3, -0.25) is 10.4 Å². The normalized spacial score (nSPS) is 10.1. The molecule has 0 unspecified atom stereocenters. The summed E-state index contributed by atoms with van der Waals surface area (Å²) in [5, 5.41) is 20.5. The lowest BCUT2D eigenvalue weighted by Crippen LogP contribution is -2.06. The molecule has 3 aromatic rings. The van der Waals surface area contributed by atoms with Crippen molar-refractivity contribution in [1.82, 2.24) is 4.98 Å². The third-order valence-electron chi connectivity index (χ3n) is 3.70. The van der Waals surface area contributed by atoms with Gasteiger partial charge in [0, 0.05) is 34.9 Å². The molecule has 0 aliphatic carbocycles. The molecule has 0 aliphatic rings. The zero-order valence-electron chi connectivity index (χ0n) is 13.1. The molecule has 5 nitrogen and oxygen atoms in total. The number of rotatable bonds is 4. The Labute approximate surface area is 144 Å². The second-order valence-corrected chi connectivity index (χ2v) is 5.31. The summed E-state index contributed by atoms with van der Waals surface area (Å²) in [6.45, 7) is 0. The lowest BCUT2D eigenvalue weighted by Gasteiger charge is -2.13. The molecule has 1 heterocycles. The minimum absolute atomic E-state index is 0.0647. The average molecular weight is 331 g/mol. The minimum Gasteiger partial charge on any atom is -0.398 e. The van der Waals surface area contributed by atoms with Crippen LogP contribution in [-0.4, -0.2) is 10.7 Å². The van der Waals surface area contributed by atoms with Crippen LogP contribution in [0.3, 0.4) is 0 Å². The summed E-state index contributed by atoms with van der Waals surface area (Å²) < 4.78 is 13.7. The van der Waals surface area contributed by atoms with Crippen LogP contribution >= 0.6 is 0 Å². The van der Waals surface area contributed by atoms with Crippen molar-refractivity contribution in [3.05, 3.63) is 83.4 Å². The van der Waals surface area contributed by atoms with Crippen molar-refractivity contribution in [2.45, 2.75) is 0 Å². The molecule has 0 amide bonds. The number of hydrogen-bond acceptors (Lipinski definition) is 5. The summed E-state index contributed by atoms with van der Waals surface area (Å²) in [6.07, 6.45) is 3.21. The van der Waals surface area contributed by atoms with E-state index in [1.807, 2.05) is 6.07 Å². The van der Waals surface area contributed by atoms with Crippen molar-refractivity contribution in [2.24, 2.45) is 0 Å². The number of benzene rings is 2. The molecule has 0 spiro atoms. The van der Waals surface area contributed by atoms with E-state index in [2.05, 4.69) is 10.3 Å². The maximum absolute atomic E-state index is 13.7. The predicted octanol–water partition coefficient (Wildman–Crippen LogP) is 3.83. The molecule has 6 heteroatoms. The molecule has 25 heavy (non-hydrogen) atoms. The van der Waals surface area contributed by atoms with Crippen LogP contribution in [0.4, 0.5) is 21.5 Å². The van der Waals surface area contributed by atoms with Crippen LogP contribution in [0.2, 0.25) is 0 Å². The third-order valence-corrected chi connectivity index (χ3v) is 3.70. The number of nitriles is 1.